The normalized spacial score (nSPS) is 14.8. The highest BCUT2D eigenvalue weighted by molar-refractivity contribution is 6.09. The smallest absolute Gasteiger partial charge is 0.00998 e. The van der Waals surface area contributed by atoms with E-state index < -0.39 is 0 Å². The third-order valence-corrected chi connectivity index (χ3v) is 4.60. The van der Waals surface area contributed by atoms with Crippen molar-refractivity contribution in [3.8, 4) is 0 Å². The van der Waals surface area contributed by atoms with Gasteiger partial charge < -0.3 is 0 Å². The molecule has 0 fully saturated rings. The molecule has 0 bridgehead atoms. The quantitative estimate of drug-likeness (QED) is 0.479. The molecular formula is C19H18. The molecule has 0 heteroatoms. The highest BCUT2D eigenvalue weighted by Gasteiger charge is 2.15. The molecule has 0 saturated heterocycles. The lowest BCUT2D eigenvalue weighted by Gasteiger charge is -2.21. The van der Waals surface area contributed by atoms with E-state index in [4.69, 9.17) is 0 Å². The molecule has 0 unspecified atom stereocenters. The molecule has 94 valence electrons. The summed E-state index contributed by atoms with van der Waals surface area (Å²) >= 11 is 0. The second kappa shape index (κ2) is 4.09. The summed E-state index contributed by atoms with van der Waals surface area (Å²) in [6, 6.07) is 15.8. The van der Waals surface area contributed by atoms with Crippen LogP contribution < -0.4 is 0 Å². The van der Waals surface area contributed by atoms with Crippen molar-refractivity contribution < 1.29 is 0 Å². The van der Waals surface area contributed by atoms with Gasteiger partial charge in [0.2, 0.25) is 0 Å². The lowest BCUT2D eigenvalue weighted by atomic mass is 9.84. The van der Waals surface area contributed by atoms with Crippen LogP contribution in [-0.4, -0.2) is 0 Å². The van der Waals surface area contributed by atoms with E-state index in [1.165, 1.54) is 52.8 Å². The maximum atomic E-state index is 2.40. The Kier molecular flexibility index (Phi) is 2.38. The number of hydrogen-bond acceptors (Lipinski definition) is 0. The summed E-state index contributed by atoms with van der Waals surface area (Å²) in [5.41, 5.74) is 4.72. The molecule has 19 heavy (non-hydrogen) atoms. The third-order valence-electron chi connectivity index (χ3n) is 4.60. The second-order valence-electron chi connectivity index (χ2n) is 5.74. The summed E-state index contributed by atoms with van der Waals surface area (Å²) in [5, 5.41) is 5.68. The lowest BCUT2D eigenvalue weighted by molar-refractivity contribution is 0.686. The fraction of sp³-hybridized carbons (Fsp3) is 0.263. The van der Waals surface area contributed by atoms with E-state index in [1.54, 1.807) is 11.1 Å². The Hall–Kier alpha value is -1.82. The van der Waals surface area contributed by atoms with E-state index in [9.17, 15) is 0 Å². The minimum absolute atomic E-state index is 1.26. The average molecular weight is 246 g/mol. The van der Waals surface area contributed by atoms with Crippen molar-refractivity contribution in [1.29, 1.82) is 0 Å². The number of rotatable bonds is 0. The van der Waals surface area contributed by atoms with Crippen LogP contribution in [0.1, 0.15) is 29.5 Å². The van der Waals surface area contributed by atoms with E-state index in [-0.39, 0.29) is 0 Å². The summed E-state index contributed by atoms with van der Waals surface area (Å²) in [7, 11) is 0. The molecule has 4 rings (SSSR count). The summed E-state index contributed by atoms with van der Waals surface area (Å²) in [4.78, 5) is 0. The zero-order valence-electron chi connectivity index (χ0n) is 11.4. The van der Waals surface area contributed by atoms with Crippen molar-refractivity contribution in [2.24, 2.45) is 0 Å². The number of benzene rings is 3. The Labute approximate surface area is 114 Å². The van der Waals surface area contributed by atoms with E-state index in [1.807, 2.05) is 0 Å². The van der Waals surface area contributed by atoms with Crippen LogP contribution in [-0.2, 0) is 12.8 Å². The second-order valence-corrected chi connectivity index (χ2v) is 5.74. The van der Waals surface area contributed by atoms with Gasteiger partial charge in [0.1, 0.15) is 0 Å². The highest BCUT2D eigenvalue weighted by atomic mass is 14.2. The number of fused-ring (bicyclic) bond motifs is 5. The molecule has 0 aromatic heterocycles. The van der Waals surface area contributed by atoms with Gasteiger partial charge in [-0.05, 0) is 70.8 Å². The van der Waals surface area contributed by atoms with Crippen molar-refractivity contribution in [3.05, 3.63) is 59.2 Å². The first-order chi connectivity index (χ1) is 9.34. The minimum Gasteiger partial charge on any atom is -0.0616 e. The predicted molar refractivity (Wildman–Crippen MR) is 82.8 cm³/mol. The minimum atomic E-state index is 1.26. The third kappa shape index (κ3) is 1.59. The SMILES string of the molecule is Cc1cc2c(ccc3ccccc32)c2c1CCCC2. The molecule has 0 saturated carbocycles. The molecular weight excluding hydrogens is 228 g/mol. The van der Waals surface area contributed by atoms with Crippen LogP contribution >= 0.6 is 0 Å². The monoisotopic (exact) mass is 246 g/mol. The Morgan fingerprint density at radius 1 is 0.737 bits per heavy atom. The van der Waals surface area contributed by atoms with Crippen molar-refractivity contribution in [2.45, 2.75) is 32.6 Å². The molecule has 0 nitrogen and oxygen atoms in total. The average Bonchev–Trinajstić information content (AvgIpc) is 2.47. The summed E-state index contributed by atoms with van der Waals surface area (Å²) in [6.07, 6.45) is 5.22. The highest BCUT2D eigenvalue weighted by Crippen LogP contribution is 2.35. The van der Waals surface area contributed by atoms with Gasteiger partial charge in [0.15, 0.2) is 0 Å². The maximum Gasteiger partial charge on any atom is -0.00998 e. The van der Waals surface area contributed by atoms with Crippen molar-refractivity contribution in [3.63, 3.8) is 0 Å². The van der Waals surface area contributed by atoms with Gasteiger partial charge >= 0.3 is 0 Å². The van der Waals surface area contributed by atoms with Crippen LogP contribution in [0.5, 0.6) is 0 Å². The topological polar surface area (TPSA) is 0 Å². The fourth-order valence-electron chi connectivity index (χ4n) is 3.66. The van der Waals surface area contributed by atoms with E-state index in [2.05, 4.69) is 49.4 Å². The molecule has 0 heterocycles. The molecule has 3 aromatic carbocycles. The molecule has 3 aromatic rings. The number of hydrogen-bond donors (Lipinski definition) is 0. The van der Waals surface area contributed by atoms with Crippen LogP contribution in [0.3, 0.4) is 0 Å². The van der Waals surface area contributed by atoms with Gasteiger partial charge in [-0.2, -0.15) is 0 Å². The molecule has 1 aliphatic carbocycles. The zero-order valence-corrected chi connectivity index (χ0v) is 11.4. The van der Waals surface area contributed by atoms with Crippen molar-refractivity contribution in [2.75, 3.05) is 0 Å². The first kappa shape index (κ1) is 11.0. The zero-order chi connectivity index (χ0) is 12.8. The largest absolute Gasteiger partial charge is 0.0616 e. The van der Waals surface area contributed by atoms with Crippen LogP contribution in [0.4, 0.5) is 0 Å². The first-order valence-electron chi connectivity index (χ1n) is 7.27. The van der Waals surface area contributed by atoms with Gasteiger partial charge in [0.05, 0.1) is 0 Å². The first-order valence-corrected chi connectivity index (χ1v) is 7.27. The van der Waals surface area contributed by atoms with Gasteiger partial charge in [0, 0.05) is 0 Å². The molecule has 0 amide bonds. The molecule has 0 radical (unpaired) electrons. The lowest BCUT2D eigenvalue weighted by Crippen LogP contribution is -2.05. The summed E-state index contributed by atoms with van der Waals surface area (Å²) < 4.78 is 0. The van der Waals surface area contributed by atoms with Gasteiger partial charge in [-0.25, -0.2) is 0 Å². The Morgan fingerprint density at radius 2 is 1.53 bits per heavy atom. The summed E-state index contributed by atoms with van der Waals surface area (Å²) in [6.45, 7) is 2.28. The Balaban J connectivity index is 2.19. The van der Waals surface area contributed by atoms with E-state index in [0.717, 1.165) is 0 Å². The van der Waals surface area contributed by atoms with E-state index in [0.29, 0.717) is 0 Å². The van der Waals surface area contributed by atoms with Crippen molar-refractivity contribution in [1.82, 2.24) is 0 Å². The molecule has 0 atom stereocenters. The van der Waals surface area contributed by atoms with Gasteiger partial charge in [-0.1, -0.05) is 42.5 Å². The van der Waals surface area contributed by atoms with Gasteiger partial charge in [-0.15, -0.1) is 0 Å². The van der Waals surface area contributed by atoms with Crippen LogP contribution in [0.15, 0.2) is 42.5 Å². The molecule has 0 N–H and O–H groups in total. The predicted octanol–water partition coefficient (Wildman–Crippen LogP) is 5.18. The Bertz CT molecular complexity index is 781. The fourth-order valence-corrected chi connectivity index (χ4v) is 3.66. The van der Waals surface area contributed by atoms with Crippen LogP contribution in [0.25, 0.3) is 21.5 Å². The molecule has 1 aliphatic rings. The van der Waals surface area contributed by atoms with Gasteiger partial charge in [0.25, 0.3) is 0 Å². The van der Waals surface area contributed by atoms with E-state index >= 15 is 0 Å². The van der Waals surface area contributed by atoms with Gasteiger partial charge in [-0.3, -0.25) is 0 Å². The molecule has 0 aliphatic heterocycles. The Morgan fingerprint density at radius 3 is 2.42 bits per heavy atom. The van der Waals surface area contributed by atoms with Crippen LogP contribution in [0, 0.1) is 6.92 Å². The number of aryl methyl sites for hydroxylation is 2. The summed E-state index contributed by atoms with van der Waals surface area (Å²) in [5.74, 6) is 0. The van der Waals surface area contributed by atoms with Crippen molar-refractivity contribution >= 4 is 21.5 Å². The van der Waals surface area contributed by atoms with Crippen LogP contribution in [0.2, 0.25) is 0 Å². The standard InChI is InChI=1S/C19H18/c1-13-12-19-16-8-3-2-6-14(16)10-11-18(19)17-9-5-4-7-15(13)17/h2-3,6,8,10-12H,4-5,7,9H2,1H3. The maximum absolute atomic E-state index is 2.40. The molecule has 0 spiro atoms.